The molecule has 0 bridgehead atoms. The summed E-state index contributed by atoms with van der Waals surface area (Å²) in [6, 6.07) is 12.0. The first-order valence-corrected chi connectivity index (χ1v) is 12.6. The predicted octanol–water partition coefficient (Wildman–Crippen LogP) is 5.62. The lowest BCUT2D eigenvalue weighted by Crippen LogP contribution is -2.63. The first-order chi connectivity index (χ1) is 11.9. The Morgan fingerprint density at radius 1 is 1.04 bits per heavy atom. The van der Waals surface area contributed by atoms with E-state index in [2.05, 4.69) is 74.8 Å². The van der Waals surface area contributed by atoms with Crippen LogP contribution in [0.5, 0.6) is 0 Å². The molecule has 1 fully saturated rings. The lowest BCUT2D eigenvalue weighted by molar-refractivity contribution is 0.411. The zero-order valence-electron chi connectivity index (χ0n) is 16.6. The van der Waals surface area contributed by atoms with Crippen molar-refractivity contribution in [2.24, 2.45) is 5.41 Å². The molecular formula is C23H35NSi. The van der Waals surface area contributed by atoms with Crippen LogP contribution in [-0.4, -0.2) is 14.3 Å². The summed E-state index contributed by atoms with van der Waals surface area (Å²) in [5.41, 5.74) is 1.94. The summed E-state index contributed by atoms with van der Waals surface area (Å²) in [5, 5.41) is 3.27. The minimum Gasteiger partial charge on any atom is -0.328 e. The number of hydrogen-bond donors (Lipinski definition) is 1. The predicted molar refractivity (Wildman–Crippen MR) is 113 cm³/mol. The average Bonchev–Trinajstić information content (AvgIpc) is 3.03. The lowest BCUT2D eigenvalue weighted by atomic mass is 9.88. The normalized spacial score (nSPS) is 21.6. The minimum absolute atomic E-state index is 0.339. The molecule has 0 amide bonds. The Labute approximate surface area is 155 Å². The van der Waals surface area contributed by atoms with E-state index in [9.17, 15) is 0 Å². The Morgan fingerprint density at radius 3 is 2.36 bits per heavy atom. The van der Waals surface area contributed by atoms with E-state index in [-0.39, 0.29) is 0 Å². The molecule has 2 aliphatic rings. The monoisotopic (exact) mass is 353 g/mol. The molecule has 1 aromatic carbocycles. The SMILES string of the molecule is CC(C)(C)CC1=C([Si](C)(NC2CCCCC2)c2ccccc2)CC=C1. The van der Waals surface area contributed by atoms with Crippen molar-refractivity contribution in [3.63, 3.8) is 0 Å². The molecule has 3 rings (SSSR count). The zero-order chi connectivity index (χ0) is 17.9. The first-order valence-electron chi connectivity index (χ1n) is 10.1. The second kappa shape index (κ2) is 7.63. The van der Waals surface area contributed by atoms with Crippen molar-refractivity contribution in [2.75, 3.05) is 0 Å². The second-order valence-corrected chi connectivity index (χ2v) is 13.0. The topological polar surface area (TPSA) is 12.0 Å². The van der Waals surface area contributed by atoms with Crippen LogP contribution in [-0.2, 0) is 0 Å². The maximum Gasteiger partial charge on any atom is 0.183 e. The van der Waals surface area contributed by atoms with E-state index < -0.39 is 8.24 Å². The van der Waals surface area contributed by atoms with E-state index in [0.717, 1.165) is 6.42 Å². The van der Waals surface area contributed by atoms with Gasteiger partial charge in [0, 0.05) is 6.04 Å². The summed E-state index contributed by atoms with van der Waals surface area (Å²) in [7, 11) is -1.88. The molecule has 1 unspecified atom stereocenters. The molecule has 0 spiro atoms. The molecule has 2 aliphatic carbocycles. The van der Waals surface area contributed by atoms with Gasteiger partial charge in [-0.3, -0.25) is 0 Å². The van der Waals surface area contributed by atoms with Gasteiger partial charge < -0.3 is 4.98 Å². The summed E-state index contributed by atoms with van der Waals surface area (Å²) >= 11 is 0. The van der Waals surface area contributed by atoms with Crippen LogP contribution in [0.4, 0.5) is 0 Å². The van der Waals surface area contributed by atoms with Gasteiger partial charge in [-0.2, -0.15) is 0 Å². The smallest absolute Gasteiger partial charge is 0.183 e. The van der Waals surface area contributed by atoms with E-state index in [4.69, 9.17) is 0 Å². The van der Waals surface area contributed by atoms with Crippen LogP contribution in [0.1, 0.15) is 65.7 Å². The van der Waals surface area contributed by atoms with Crippen LogP contribution >= 0.6 is 0 Å². The maximum absolute atomic E-state index is 4.25. The van der Waals surface area contributed by atoms with Gasteiger partial charge in [-0.1, -0.05) is 93.3 Å². The van der Waals surface area contributed by atoms with Crippen molar-refractivity contribution in [1.82, 2.24) is 4.98 Å². The average molecular weight is 354 g/mol. The van der Waals surface area contributed by atoms with Gasteiger partial charge >= 0.3 is 0 Å². The van der Waals surface area contributed by atoms with Gasteiger partial charge in [0.25, 0.3) is 0 Å². The fraction of sp³-hybridized carbons (Fsp3) is 0.565. The fourth-order valence-corrected chi connectivity index (χ4v) is 8.58. The van der Waals surface area contributed by atoms with Gasteiger partial charge in [0.15, 0.2) is 8.24 Å². The fourth-order valence-electron chi connectivity index (χ4n) is 4.58. The highest BCUT2D eigenvalue weighted by Crippen LogP contribution is 2.35. The highest BCUT2D eigenvalue weighted by atomic mass is 28.3. The van der Waals surface area contributed by atoms with Crippen LogP contribution in [0.2, 0.25) is 6.55 Å². The third kappa shape index (κ3) is 4.54. The molecule has 1 aromatic rings. The van der Waals surface area contributed by atoms with E-state index in [1.54, 1.807) is 16.0 Å². The third-order valence-electron chi connectivity index (χ3n) is 5.80. The van der Waals surface area contributed by atoms with E-state index in [1.807, 2.05) is 0 Å². The van der Waals surface area contributed by atoms with E-state index in [1.165, 1.54) is 38.5 Å². The number of rotatable bonds is 5. The van der Waals surface area contributed by atoms with Gasteiger partial charge in [-0.25, -0.2) is 0 Å². The van der Waals surface area contributed by atoms with Crippen molar-refractivity contribution in [3.05, 3.63) is 53.3 Å². The van der Waals surface area contributed by atoms with Crippen LogP contribution < -0.4 is 10.2 Å². The maximum atomic E-state index is 4.25. The summed E-state index contributed by atoms with van der Waals surface area (Å²) in [6.07, 6.45) is 14.0. The van der Waals surface area contributed by atoms with Gasteiger partial charge in [0.05, 0.1) is 0 Å². The highest BCUT2D eigenvalue weighted by Gasteiger charge is 2.39. The molecule has 1 N–H and O–H groups in total. The standard InChI is InChI=1S/C23H35NSi/c1-23(2,3)18-19-12-11-17-22(19)25(4,21-15-9-6-10-16-21)24-20-13-7-5-8-14-20/h6,9-12,15-16,20,24H,5,7-8,13-14,17-18H2,1-4H3. The molecule has 0 aromatic heterocycles. The van der Waals surface area contributed by atoms with Gasteiger partial charge in [-0.15, -0.1) is 0 Å². The zero-order valence-corrected chi connectivity index (χ0v) is 17.6. The third-order valence-corrected chi connectivity index (χ3v) is 10.0. The Morgan fingerprint density at radius 2 is 1.72 bits per heavy atom. The molecule has 0 heterocycles. The Hall–Kier alpha value is -1.12. The van der Waals surface area contributed by atoms with Crippen molar-refractivity contribution >= 4 is 13.4 Å². The van der Waals surface area contributed by atoms with Gasteiger partial charge in [-0.05, 0) is 42.8 Å². The number of benzene rings is 1. The van der Waals surface area contributed by atoms with Crippen LogP contribution in [0.15, 0.2) is 53.3 Å². The Bertz CT molecular complexity index is 632. The molecule has 1 saturated carbocycles. The largest absolute Gasteiger partial charge is 0.328 e. The molecule has 1 nitrogen and oxygen atoms in total. The van der Waals surface area contributed by atoms with Gasteiger partial charge in [0.2, 0.25) is 0 Å². The van der Waals surface area contributed by atoms with E-state index in [0.29, 0.717) is 11.5 Å². The molecule has 0 radical (unpaired) electrons. The lowest BCUT2D eigenvalue weighted by Gasteiger charge is -2.38. The quantitative estimate of drug-likeness (QED) is 0.677. The summed E-state index contributed by atoms with van der Waals surface area (Å²) in [5.74, 6) is 0. The summed E-state index contributed by atoms with van der Waals surface area (Å²) in [6.45, 7) is 9.64. The molecular weight excluding hydrogens is 318 g/mol. The van der Waals surface area contributed by atoms with Gasteiger partial charge in [0.1, 0.15) is 0 Å². The van der Waals surface area contributed by atoms with E-state index >= 15 is 0 Å². The summed E-state index contributed by atoms with van der Waals surface area (Å²) in [4.78, 5) is 4.25. The van der Waals surface area contributed by atoms with Crippen molar-refractivity contribution < 1.29 is 0 Å². The number of nitrogens with one attached hydrogen (secondary N) is 1. The van der Waals surface area contributed by atoms with Crippen molar-refractivity contribution in [3.8, 4) is 0 Å². The molecule has 136 valence electrons. The van der Waals surface area contributed by atoms with Crippen LogP contribution in [0, 0.1) is 5.41 Å². The minimum atomic E-state index is -1.88. The highest BCUT2D eigenvalue weighted by molar-refractivity contribution is 6.95. The van der Waals surface area contributed by atoms with Crippen molar-refractivity contribution in [2.45, 2.75) is 78.3 Å². The second-order valence-electron chi connectivity index (χ2n) is 9.32. The number of allylic oxidation sites excluding steroid dienone is 4. The molecule has 1 atom stereocenters. The first kappa shape index (κ1) is 18.7. The van der Waals surface area contributed by atoms with Crippen molar-refractivity contribution in [1.29, 1.82) is 0 Å². The molecule has 2 heteroatoms. The molecule has 0 aliphatic heterocycles. The van der Waals surface area contributed by atoms with Crippen LogP contribution in [0.3, 0.4) is 0 Å². The summed E-state index contributed by atoms with van der Waals surface area (Å²) < 4.78 is 0. The number of hydrogen-bond acceptors (Lipinski definition) is 1. The molecule has 0 saturated heterocycles. The van der Waals surface area contributed by atoms with Crippen LogP contribution in [0.25, 0.3) is 0 Å². The Balaban J connectivity index is 1.97. The molecule has 25 heavy (non-hydrogen) atoms. The Kier molecular flexibility index (Phi) is 5.70.